The number of rotatable bonds is 4. The van der Waals surface area contributed by atoms with E-state index in [0.717, 1.165) is 60.5 Å². The number of carboxylic acid groups (broad SMARTS) is 1. The lowest BCUT2D eigenvalue weighted by Gasteiger charge is -2.21. The lowest BCUT2D eigenvalue weighted by atomic mass is 9.96. The van der Waals surface area contributed by atoms with Crippen molar-refractivity contribution < 1.29 is 28.5 Å². The standard InChI is InChI=1S/C39H40ClFN6O5S/c1-23-35-32-8-7-30(40)36(35)37-31(43-47-11-14-51-21-33(37)47)20-45(10-13-50-3)19-26-17-27(44(2)42-26)22-53-28-16-24-15-25(41)5-6-29(24)34(18-28)52-12-4-9-46(32)38(23)39(48)49/h5-8,15-18H,4,9-14,19-22H2,1-3H3,(H,48,49). The van der Waals surface area contributed by atoms with Gasteiger partial charge in [-0.3, -0.25) is 14.3 Å². The summed E-state index contributed by atoms with van der Waals surface area (Å²) >= 11 is 8.77. The molecule has 2 aliphatic rings. The molecule has 5 heterocycles. The lowest BCUT2D eigenvalue weighted by molar-refractivity contribution is 0.0684. The van der Waals surface area contributed by atoms with Crippen molar-refractivity contribution in [1.29, 1.82) is 0 Å². The molecule has 0 saturated carbocycles. The first kappa shape index (κ1) is 35.6. The Morgan fingerprint density at radius 2 is 1.94 bits per heavy atom. The van der Waals surface area contributed by atoms with Gasteiger partial charge in [-0.25, -0.2) is 9.18 Å². The van der Waals surface area contributed by atoms with E-state index < -0.39 is 5.97 Å². The topological polar surface area (TPSA) is 109 Å². The van der Waals surface area contributed by atoms with Crippen molar-refractivity contribution in [2.45, 2.75) is 56.8 Å². The Balaban J connectivity index is 1.30. The van der Waals surface area contributed by atoms with Crippen LogP contribution in [0, 0.1) is 12.7 Å². The van der Waals surface area contributed by atoms with Crippen LogP contribution in [-0.2, 0) is 55.1 Å². The smallest absolute Gasteiger partial charge is 0.352 e. The number of aromatic carboxylic acids is 1. The summed E-state index contributed by atoms with van der Waals surface area (Å²) in [6.07, 6.45) is 0.524. The summed E-state index contributed by atoms with van der Waals surface area (Å²) in [4.78, 5) is 16.1. The van der Waals surface area contributed by atoms with Crippen molar-refractivity contribution in [2.24, 2.45) is 7.05 Å². The molecule has 3 aromatic carbocycles. The largest absolute Gasteiger partial charge is 0.493 e. The number of fused-ring (bicyclic) bond motifs is 10. The molecule has 53 heavy (non-hydrogen) atoms. The first-order chi connectivity index (χ1) is 25.7. The zero-order valence-corrected chi connectivity index (χ0v) is 31.4. The highest BCUT2D eigenvalue weighted by Crippen LogP contribution is 2.44. The molecule has 0 fully saturated rings. The van der Waals surface area contributed by atoms with Gasteiger partial charge in [0.2, 0.25) is 0 Å². The summed E-state index contributed by atoms with van der Waals surface area (Å²) < 4.78 is 38.1. The fourth-order valence-corrected chi connectivity index (χ4v) is 8.91. The second-order valence-corrected chi connectivity index (χ2v) is 15.0. The molecule has 0 spiro atoms. The van der Waals surface area contributed by atoms with Crippen molar-refractivity contribution in [1.82, 2.24) is 29.0 Å². The van der Waals surface area contributed by atoms with Crippen molar-refractivity contribution in [3.05, 3.63) is 93.4 Å². The summed E-state index contributed by atoms with van der Waals surface area (Å²) in [6.45, 7) is 6.22. The molecule has 0 atom stereocenters. The lowest BCUT2D eigenvalue weighted by Crippen LogP contribution is -2.27. The van der Waals surface area contributed by atoms with Gasteiger partial charge in [0.15, 0.2) is 0 Å². The maximum absolute atomic E-state index is 14.4. The Morgan fingerprint density at radius 3 is 2.77 bits per heavy atom. The molecule has 1 N–H and O–H groups in total. The van der Waals surface area contributed by atoms with Crippen LogP contribution in [0.1, 0.15) is 45.2 Å². The second-order valence-electron chi connectivity index (χ2n) is 13.5. The molecule has 0 amide bonds. The van der Waals surface area contributed by atoms with E-state index in [1.165, 1.54) is 12.1 Å². The Morgan fingerprint density at radius 1 is 1.08 bits per heavy atom. The predicted octanol–water partition coefficient (Wildman–Crippen LogP) is 7.44. The third kappa shape index (κ3) is 6.81. The van der Waals surface area contributed by atoms with E-state index in [1.807, 2.05) is 52.2 Å². The quantitative estimate of drug-likeness (QED) is 0.196. The molecule has 8 rings (SSSR count). The van der Waals surface area contributed by atoms with E-state index in [-0.39, 0.29) is 11.5 Å². The number of benzene rings is 3. The van der Waals surface area contributed by atoms with E-state index in [2.05, 4.69) is 11.0 Å². The SMILES string of the molecule is COCCN1Cc2cc(n(C)n2)CSc2cc(c3ccc(F)cc3c2)OCCCn2c(C(=O)O)c(C)c3c(c(Cl)ccc32)-c2c(nn3c2COCC3)C1. The monoisotopic (exact) mass is 758 g/mol. The number of aromatic nitrogens is 5. The van der Waals surface area contributed by atoms with Crippen LogP contribution in [-0.4, -0.2) is 73.6 Å². The van der Waals surface area contributed by atoms with Crippen LogP contribution < -0.4 is 4.74 Å². The highest BCUT2D eigenvalue weighted by Gasteiger charge is 2.30. The molecule has 2 aliphatic heterocycles. The first-order valence-electron chi connectivity index (χ1n) is 17.6. The molecule has 0 unspecified atom stereocenters. The molecule has 276 valence electrons. The second kappa shape index (κ2) is 14.8. The minimum Gasteiger partial charge on any atom is -0.493 e. The van der Waals surface area contributed by atoms with Gasteiger partial charge < -0.3 is 23.9 Å². The highest BCUT2D eigenvalue weighted by atomic mass is 35.5. The number of carboxylic acids is 1. The van der Waals surface area contributed by atoms with E-state index in [4.69, 9.17) is 36.0 Å². The van der Waals surface area contributed by atoms with Crippen LogP contribution in [0.3, 0.4) is 0 Å². The van der Waals surface area contributed by atoms with Gasteiger partial charge in [-0.2, -0.15) is 10.2 Å². The van der Waals surface area contributed by atoms with E-state index in [9.17, 15) is 14.3 Å². The molecular weight excluding hydrogens is 719 g/mol. The Hall–Kier alpha value is -4.40. The summed E-state index contributed by atoms with van der Waals surface area (Å²) in [6, 6.07) is 14.5. The van der Waals surface area contributed by atoms with Gasteiger partial charge in [0.25, 0.3) is 0 Å². The number of carbonyl (C=O) groups is 1. The van der Waals surface area contributed by atoms with Crippen LogP contribution in [0.2, 0.25) is 5.02 Å². The van der Waals surface area contributed by atoms with Gasteiger partial charge >= 0.3 is 5.97 Å². The average molecular weight is 759 g/mol. The van der Waals surface area contributed by atoms with Crippen molar-refractivity contribution in [3.8, 4) is 16.9 Å². The average Bonchev–Trinajstić information content (AvgIpc) is 3.77. The van der Waals surface area contributed by atoms with Gasteiger partial charge in [-0.15, -0.1) is 11.8 Å². The van der Waals surface area contributed by atoms with Crippen LogP contribution in [0.25, 0.3) is 32.8 Å². The van der Waals surface area contributed by atoms with Crippen LogP contribution in [0.15, 0.2) is 53.4 Å². The number of ether oxygens (including phenoxy) is 3. The maximum Gasteiger partial charge on any atom is 0.352 e. The number of hydrogen-bond acceptors (Lipinski definition) is 8. The van der Waals surface area contributed by atoms with Crippen LogP contribution in [0.5, 0.6) is 5.75 Å². The fraction of sp³-hybridized carbons (Fsp3) is 0.359. The Kier molecular flexibility index (Phi) is 9.94. The van der Waals surface area contributed by atoms with Crippen LogP contribution in [0.4, 0.5) is 4.39 Å². The highest BCUT2D eigenvalue weighted by molar-refractivity contribution is 7.98. The Labute approximate surface area is 315 Å². The first-order valence-corrected chi connectivity index (χ1v) is 19.0. The normalized spacial score (nSPS) is 15.6. The molecule has 0 radical (unpaired) electrons. The van der Waals surface area contributed by atoms with Gasteiger partial charge in [0.05, 0.1) is 50.1 Å². The minimum atomic E-state index is -1.02. The predicted molar refractivity (Wildman–Crippen MR) is 202 cm³/mol. The van der Waals surface area contributed by atoms with Crippen molar-refractivity contribution in [2.75, 3.05) is 33.5 Å². The molecule has 0 aliphatic carbocycles. The van der Waals surface area contributed by atoms with Crippen molar-refractivity contribution >= 4 is 51.0 Å². The third-order valence-electron chi connectivity index (χ3n) is 10.1. The zero-order chi connectivity index (χ0) is 36.8. The Bertz CT molecular complexity index is 2370. The van der Waals surface area contributed by atoms with E-state index >= 15 is 0 Å². The van der Waals surface area contributed by atoms with Gasteiger partial charge in [0, 0.05) is 89.1 Å². The van der Waals surface area contributed by atoms with Gasteiger partial charge in [-0.1, -0.05) is 11.6 Å². The van der Waals surface area contributed by atoms with Crippen molar-refractivity contribution in [3.63, 3.8) is 0 Å². The van der Waals surface area contributed by atoms with E-state index in [0.29, 0.717) is 87.7 Å². The summed E-state index contributed by atoms with van der Waals surface area (Å²) in [7, 11) is 3.64. The molecule has 11 nitrogen and oxygen atoms in total. The molecule has 0 saturated heterocycles. The van der Waals surface area contributed by atoms with Crippen LogP contribution >= 0.6 is 23.4 Å². The molecule has 8 bridgehead atoms. The number of aryl methyl sites for hydroxylation is 3. The number of thioether (sulfide) groups is 1. The molecular formula is C39H40ClFN6O5S. The number of nitrogens with zero attached hydrogens (tertiary/aromatic N) is 6. The summed E-state index contributed by atoms with van der Waals surface area (Å²) in [5, 5.41) is 23.5. The van der Waals surface area contributed by atoms with Gasteiger partial charge in [0.1, 0.15) is 17.3 Å². The van der Waals surface area contributed by atoms with Gasteiger partial charge in [-0.05, 0) is 72.8 Å². The minimum absolute atomic E-state index is 0.205. The number of methoxy groups -OCH3 is 1. The third-order valence-corrected chi connectivity index (χ3v) is 11.4. The summed E-state index contributed by atoms with van der Waals surface area (Å²) in [5.41, 5.74) is 6.92. The molecule has 6 aromatic rings. The maximum atomic E-state index is 14.4. The number of hydrogen-bond donors (Lipinski definition) is 1. The number of halogens is 2. The molecule has 14 heteroatoms. The molecule has 3 aromatic heterocycles. The van der Waals surface area contributed by atoms with E-state index in [1.54, 1.807) is 24.9 Å². The summed E-state index contributed by atoms with van der Waals surface area (Å²) in [5.74, 6) is -0.0368. The zero-order valence-electron chi connectivity index (χ0n) is 29.8. The fourth-order valence-electron chi connectivity index (χ4n) is 7.67.